The lowest BCUT2D eigenvalue weighted by Crippen LogP contribution is -2.29. The fourth-order valence-corrected chi connectivity index (χ4v) is 2.23. The highest BCUT2D eigenvalue weighted by atomic mass is 16.6. The van der Waals surface area contributed by atoms with Gasteiger partial charge in [0.25, 0.3) is 0 Å². The van der Waals surface area contributed by atoms with E-state index in [1.165, 1.54) is 0 Å². The maximum atomic E-state index is 12.0. The summed E-state index contributed by atoms with van der Waals surface area (Å²) in [5.74, 6) is 2.14. The molecule has 1 aromatic heterocycles. The summed E-state index contributed by atoms with van der Waals surface area (Å²) in [5, 5.41) is 5.48. The largest absolute Gasteiger partial charge is 0.486 e. The SMILES string of the molecule is CCc1ncc(NC(=O)NCc2cccc3c2OCCO3)cn1. The summed E-state index contributed by atoms with van der Waals surface area (Å²) in [6.07, 6.45) is 3.94. The lowest BCUT2D eigenvalue weighted by Gasteiger charge is -2.21. The van der Waals surface area contributed by atoms with Crippen molar-refractivity contribution in [1.29, 1.82) is 0 Å². The Labute approximate surface area is 134 Å². The number of nitrogens with one attached hydrogen (secondary N) is 2. The number of amides is 2. The van der Waals surface area contributed by atoms with E-state index in [9.17, 15) is 4.79 Å². The van der Waals surface area contributed by atoms with Crippen molar-refractivity contribution in [2.24, 2.45) is 0 Å². The third-order valence-corrected chi connectivity index (χ3v) is 3.37. The third-order valence-electron chi connectivity index (χ3n) is 3.37. The Hall–Kier alpha value is -2.83. The number of carbonyl (C=O) groups is 1. The molecule has 2 heterocycles. The molecule has 2 aromatic rings. The number of ether oxygens (including phenoxy) is 2. The second-order valence-corrected chi connectivity index (χ2v) is 4.99. The lowest BCUT2D eigenvalue weighted by molar-refractivity contribution is 0.169. The Balaban J connectivity index is 1.58. The molecule has 1 aliphatic heterocycles. The van der Waals surface area contributed by atoms with Crippen LogP contribution in [0.3, 0.4) is 0 Å². The summed E-state index contributed by atoms with van der Waals surface area (Å²) >= 11 is 0. The first-order chi connectivity index (χ1) is 11.3. The van der Waals surface area contributed by atoms with Crippen molar-refractivity contribution < 1.29 is 14.3 Å². The van der Waals surface area contributed by atoms with Crippen LogP contribution >= 0.6 is 0 Å². The van der Waals surface area contributed by atoms with Crippen molar-refractivity contribution in [1.82, 2.24) is 15.3 Å². The first kappa shape index (κ1) is 15.1. The monoisotopic (exact) mass is 314 g/mol. The maximum Gasteiger partial charge on any atom is 0.319 e. The van der Waals surface area contributed by atoms with Crippen molar-refractivity contribution in [3.05, 3.63) is 42.0 Å². The molecular formula is C16H18N4O3. The van der Waals surface area contributed by atoms with Crippen LogP contribution in [0.2, 0.25) is 0 Å². The third kappa shape index (κ3) is 3.68. The molecule has 0 spiro atoms. The van der Waals surface area contributed by atoms with Gasteiger partial charge >= 0.3 is 6.03 Å². The molecule has 0 radical (unpaired) electrons. The molecule has 0 saturated heterocycles. The normalized spacial score (nSPS) is 12.6. The first-order valence-corrected chi connectivity index (χ1v) is 7.49. The van der Waals surface area contributed by atoms with Gasteiger partial charge in [-0.15, -0.1) is 0 Å². The molecule has 2 N–H and O–H groups in total. The summed E-state index contributed by atoms with van der Waals surface area (Å²) in [5.41, 5.74) is 1.42. The van der Waals surface area contributed by atoms with Gasteiger partial charge in [0, 0.05) is 18.5 Å². The Kier molecular flexibility index (Phi) is 4.56. The summed E-state index contributed by atoms with van der Waals surface area (Å²) in [4.78, 5) is 20.2. The number of nitrogens with zero attached hydrogens (tertiary/aromatic N) is 2. The smallest absolute Gasteiger partial charge is 0.319 e. The van der Waals surface area contributed by atoms with Gasteiger partial charge in [-0.3, -0.25) is 0 Å². The van der Waals surface area contributed by atoms with Crippen LogP contribution in [0, 0.1) is 0 Å². The van der Waals surface area contributed by atoms with E-state index in [0.29, 0.717) is 36.9 Å². The van der Waals surface area contributed by atoms with Gasteiger partial charge in [0.2, 0.25) is 0 Å². The standard InChI is InChI=1S/C16H18N4O3/c1-2-14-17-9-12(10-18-14)20-16(21)19-8-11-4-3-5-13-15(11)23-7-6-22-13/h3-5,9-10H,2,6-8H2,1H3,(H2,19,20,21). The number of carbonyl (C=O) groups excluding carboxylic acids is 1. The number of hydrogen-bond acceptors (Lipinski definition) is 5. The van der Waals surface area contributed by atoms with E-state index in [2.05, 4.69) is 20.6 Å². The van der Waals surface area contributed by atoms with Gasteiger partial charge in [-0.1, -0.05) is 19.1 Å². The summed E-state index contributed by atoms with van der Waals surface area (Å²) in [6, 6.07) is 5.30. The zero-order valence-corrected chi connectivity index (χ0v) is 12.8. The lowest BCUT2D eigenvalue weighted by atomic mass is 10.1. The molecule has 0 saturated carbocycles. The molecule has 0 fully saturated rings. The zero-order valence-electron chi connectivity index (χ0n) is 12.8. The number of hydrogen-bond donors (Lipinski definition) is 2. The summed E-state index contributed by atoms with van der Waals surface area (Å²) < 4.78 is 11.1. The van der Waals surface area contributed by atoms with Crippen LogP contribution in [0.1, 0.15) is 18.3 Å². The Morgan fingerprint density at radius 2 is 2.00 bits per heavy atom. The molecule has 0 unspecified atom stereocenters. The van der Waals surface area contributed by atoms with Crippen LogP contribution in [0.4, 0.5) is 10.5 Å². The molecule has 0 aliphatic carbocycles. The Bertz CT molecular complexity index is 688. The number of para-hydroxylation sites is 1. The van der Waals surface area contributed by atoms with Crippen molar-refractivity contribution in [2.45, 2.75) is 19.9 Å². The highest BCUT2D eigenvalue weighted by Crippen LogP contribution is 2.33. The Morgan fingerprint density at radius 1 is 1.22 bits per heavy atom. The molecule has 2 amide bonds. The molecule has 23 heavy (non-hydrogen) atoms. The summed E-state index contributed by atoms with van der Waals surface area (Å²) in [6.45, 7) is 3.36. The van der Waals surface area contributed by atoms with E-state index in [4.69, 9.17) is 9.47 Å². The van der Waals surface area contributed by atoms with Crippen molar-refractivity contribution in [3.63, 3.8) is 0 Å². The van der Waals surface area contributed by atoms with Gasteiger partial charge in [0.05, 0.1) is 18.1 Å². The Morgan fingerprint density at radius 3 is 2.78 bits per heavy atom. The summed E-state index contributed by atoms with van der Waals surface area (Å²) in [7, 11) is 0. The molecule has 7 heteroatoms. The van der Waals surface area contributed by atoms with E-state index < -0.39 is 0 Å². The minimum atomic E-state index is -0.327. The number of benzene rings is 1. The number of aromatic nitrogens is 2. The number of fused-ring (bicyclic) bond motifs is 1. The van der Waals surface area contributed by atoms with Gasteiger partial charge in [-0.05, 0) is 6.07 Å². The molecule has 0 bridgehead atoms. The van der Waals surface area contributed by atoms with E-state index >= 15 is 0 Å². The molecule has 1 aromatic carbocycles. The number of aryl methyl sites for hydroxylation is 1. The van der Waals surface area contributed by atoms with Crippen molar-refractivity contribution >= 4 is 11.7 Å². The fourth-order valence-electron chi connectivity index (χ4n) is 2.23. The predicted octanol–water partition coefficient (Wildman–Crippen LogP) is 2.13. The first-order valence-electron chi connectivity index (χ1n) is 7.49. The van der Waals surface area contributed by atoms with Gasteiger partial charge in [0.15, 0.2) is 11.5 Å². The second-order valence-electron chi connectivity index (χ2n) is 4.99. The maximum absolute atomic E-state index is 12.0. The van der Waals surface area contributed by atoms with E-state index in [1.807, 2.05) is 25.1 Å². The molecule has 1 aliphatic rings. The van der Waals surface area contributed by atoms with Crippen LogP contribution in [0.25, 0.3) is 0 Å². The minimum Gasteiger partial charge on any atom is -0.486 e. The highest BCUT2D eigenvalue weighted by Gasteiger charge is 2.15. The molecule has 120 valence electrons. The predicted molar refractivity (Wildman–Crippen MR) is 84.7 cm³/mol. The van der Waals surface area contributed by atoms with Crippen LogP contribution in [-0.4, -0.2) is 29.2 Å². The van der Waals surface area contributed by atoms with Crippen molar-refractivity contribution in [2.75, 3.05) is 18.5 Å². The quantitative estimate of drug-likeness (QED) is 0.903. The van der Waals surface area contributed by atoms with Crippen molar-refractivity contribution in [3.8, 4) is 11.5 Å². The van der Waals surface area contributed by atoms with Crippen LogP contribution in [0.5, 0.6) is 11.5 Å². The van der Waals surface area contributed by atoms with Crippen LogP contribution in [-0.2, 0) is 13.0 Å². The van der Waals surface area contributed by atoms with E-state index in [-0.39, 0.29) is 6.03 Å². The van der Waals surface area contributed by atoms with Crippen LogP contribution < -0.4 is 20.1 Å². The molecule has 3 rings (SSSR count). The highest BCUT2D eigenvalue weighted by molar-refractivity contribution is 5.88. The van der Waals surface area contributed by atoms with E-state index in [1.54, 1.807) is 12.4 Å². The number of anilines is 1. The fraction of sp³-hybridized carbons (Fsp3) is 0.312. The van der Waals surface area contributed by atoms with Gasteiger partial charge in [0.1, 0.15) is 19.0 Å². The van der Waals surface area contributed by atoms with Gasteiger partial charge in [-0.2, -0.15) is 0 Å². The number of urea groups is 1. The topological polar surface area (TPSA) is 85.4 Å². The molecule has 7 nitrogen and oxygen atoms in total. The minimum absolute atomic E-state index is 0.327. The van der Waals surface area contributed by atoms with E-state index in [0.717, 1.165) is 17.8 Å². The average Bonchev–Trinajstić information content (AvgIpc) is 2.60. The van der Waals surface area contributed by atoms with Crippen LogP contribution in [0.15, 0.2) is 30.6 Å². The van der Waals surface area contributed by atoms with Gasteiger partial charge < -0.3 is 20.1 Å². The zero-order chi connectivity index (χ0) is 16.1. The molecular weight excluding hydrogens is 296 g/mol. The second kappa shape index (κ2) is 6.95. The number of rotatable bonds is 4. The average molecular weight is 314 g/mol. The molecule has 0 atom stereocenters. The van der Waals surface area contributed by atoms with Gasteiger partial charge in [-0.25, -0.2) is 14.8 Å².